The standard InChI is InChI=1S/C18H16Cl2N2O3/c1-2-25-13-8-6-12(7-9-13)18(24)22-21-17(23)11-10-14-15(19)4-3-5-16(14)20/h3-11H,2H2,1H3,(H,21,23)(H,22,24)/b11-10+. The number of rotatable bonds is 5. The molecule has 0 aliphatic carbocycles. The van der Waals surface area contributed by atoms with Crippen molar-refractivity contribution in [1.29, 1.82) is 0 Å². The highest BCUT2D eigenvalue weighted by Gasteiger charge is 2.07. The van der Waals surface area contributed by atoms with E-state index in [1.165, 1.54) is 12.2 Å². The molecule has 2 N–H and O–H groups in total. The van der Waals surface area contributed by atoms with E-state index in [0.717, 1.165) is 0 Å². The second-order valence-corrected chi connectivity index (χ2v) is 5.68. The second-order valence-electron chi connectivity index (χ2n) is 4.87. The van der Waals surface area contributed by atoms with Crippen molar-refractivity contribution < 1.29 is 14.3 Å². The van der Waals surface area contributed by atoms with Crippen molar-refractivity contribution in [3.8, 4) is 5.75 Å². The van der Waals surface area contributed by atoms with Crippen LogP contribution >= 0.6 is 23.2 Å². The van der Waals surface area contributed by atoms with Crippen LogP contribution in [0, 0.1) is 0 Å². The molecule has 7 heteroatoms. The van der Waals surface area contributed by atoms with E-state index in [1.54, 1.807) is 42.5 Å². The lowest BCUT2D eigenvalue weighted by molar-refractivity contribution is -0.117. The number of benzene rings is 2. The first-order valence-corrected chi connectivity index (χ1v) is 8.22. The van der Waals surface area contributed by atoms with Crippen LogP contribution < -0.4 is 15.6 Å². The topological polar surface area (TPSA) is 67.4 Å². The van der Waals surface area contributed by atoms with Crippen LogP contribution in [0.25, 0.3) is 6.08 Å². The highest BCUT2D eigenvalue weighted by molar-refractivity contribution is 6.37. The number of amides is 2. The van der Waals surface area contributed by atoms with E-state index in [4.69, 9.17) is 27.9 Å². The number of carbonyl (C=O) groups is 2. The zero-order valence-electron chi connectivity index (χ0n) is 13.4. The molecule has 0 aromatic heterocycles. The summed E-state index contributed by atoms with van der Waals surface area (Å²) in [5, 5.41) is 0.852. The molecule has 2 amide bonds. The van der Waals surface area contributed by atoms with Crippen LogP contribution in [0.3, 0.4) is 0 Å². The van der Waals surface area contributed by atoms with Gasteiger partial charge in [-0.15, -0.1) is 0 Å². The van der Waals surface area contributed by atoms with E-state index >= 15 is 0 Å². The molecule has 0 bridgehead atoms. The molecule has 0 fully saturated rings. The first-order valence-electron chi connectivity index (χ1n) is 7.46. The van der Waals surface area contributed by atoms with Crippen molar-refractivity contribution in [2.75, 3.05) is 6.61 Å². The van der Waals surface area contributed by atoms with Gasteiger partial charge in [-0.25, -0.2) is 0 Å². The average molecular weight is 379 g/mol. The summed E-state index contributed by atoms with van der Waals surface area (Å²) < 4.78 is 5.30. The lowest BCUT2D eigenvalue weighted by Crippen LogP contribution is -2.40. The van der Waals surface area contributed by atoms with Gasteiger partial charge in [-0.1, -0.05) is 29.3 Å². The van der Waals surface area contributed by atoms with Gasteiger partial charge < -0.3 is 4.74 Å². The summed E-state index contributed by atoms with van der Waals surface area (Å²) in [7, 11) is 0. The Bertz CT molecular complexity index is 769. The molecular formula is C18H16Cl2N2O3. The van der Waals surface area contributed by atoms with Crippen LogP contribution in [0.15, 0.2) is 48.5 Å². The minimum atomic E-state index is -0.518. The van der Waals surface area contributed by atoms with Crippen molar-refractivity contribution in [3.05, 3.63) is 69.7 Å². The summed E-state index contributed by atoms with van der Waals surface area (Å²) in [4.78, 5) is 23.8. The van der Waals surface area contributed by atoms with Crippen molar-refractivity contribution in [2.45, 2.75) is 6.92 Å². The fourth-order valence-electron chi connectivity index (χ4n) is 1.93. The van der Waals surface area contributed by atoms with Crippen LogP contribution in [0.1, 0.15) is 22.8 Å². The van der Waals surface area contributed by atoms with Crippen LogP contribution in [0.4, 0.5) is 0 Å². The molecule has 0 aliphatic heterocycles. The van der Waals surface area contributed by atoms with E-state index in [1.807, 2.05) is 6.92 Å². The summed E-state index contributed by atoms with van der Waals surface area (Å²) in [5.41, 5.74) is 5.52. The number of carbonyl (C=O) groups excluding carboxylic acids is 2. The molecule has 25 heavy (non-hydrogen) atoms. The third-order valence-electron chi connectivity index (χ3n) is 3.13. The molecule has 130 valence electrons. The lowest BCUT2D eigenvalue weighted by atomic mass is 10.2. The van der Waals surface area contributed by atoms with Crippen molar-refractivity contribution in [2.24, 2.45) is 0 Å². The minimum absolute atomic E-state index is 0.391. The Labute approximate surface area is 155 Å². The van der Waals surface area contributed by atoms with Crippen LogP contribution in [0.5, 0.6) is 5.75 Å². The van der Waals surface area contributed by atoms with E-state index < -0.39 is 11.8 Å². The SMILES string of the molecule is CCOc1ccc(C(=O)NNC(=O)/C=C/c2c(Cl)cccc2Cl)cc1. The maximum atomic E-state index is 12.0. The molecule has 0 radical (unpaired) electrons. The summed E-state index contributed by atoms with van der Waals surface area (Å²) in [6.45, 7) is 2.42. The fraction of sp³-hybridized carbons (Fsp3) is 0.111. The predicted molar refractivity (Wildman–Crippen MR) is 98.7 cm³/mol. The van der Waals surface area contributed by atoms with Crippen molar-refractivity contribution >= 4 is 41.1 Å². The van der Waals surface area contributed by atoms with Gasteiger partial charge in [-0.2, -0.15) is 0 Å². The molecule has 0 spiro atoms. The monoisotopic (exact) mass is 378 g/mol. The highest BCUT2D eigenvalue weighted by atomic mass is 35.5. The molecule has 0 heterocycles. The molecular weight excluding hydrogens is 363 g/mol. The van der Waals surface area contributed by atoms with Gasteiger partial charge in [-0.05, 0) is 49.4 Å². The largest absolute Gasteiger partial charge is 0.494 e. The maximum absolute atomic E-state index is 12.0. The number of halogens is 2. The van der Waals surface area contributed by atoms with Crippen LogP contribution in [-0.2, 0) is 4.79 Å². The zero-order chi connectivity index (χ0) is 18.2. The third-order valence-corrected chi connectivity index (χ3v) is 3.79. The van der Waals surface area contributed by atoms with Gasteiger partial charge in [-0.3, -0.25) is 20.4 Å². The van der Waals surface area contributed by atoms with E-state index in [0.29, 0.717) is 33.5 Å². The third kappa shape index (κ3) is 5.52. The Morgan fingerprint density at radius 1 is 1.04 bits per heavy atom. The molecule has 0 saturated carbocycles. The molecule has 2 aromatic carbocycles. The van der Waals surface area contributed by atoms with Crippen LogP contribution in [-0.4, -0.2) is 18.4 Å². The van der Waals surface area contributed by atoms with Gasteiger partial charge in [0.2, 0.25) is 0 Å². The van der Waals surface area contributed by atoms with Gasteiger partial charge in [0.05, 0.1) is 6.61 Å². The average Bonchev–Trinajstić information content (AvgIpc) is 2.60. The minimum Gasteiger partial charge on any atom is -0.494 e. The van der Waals surface area contributed by atoms with Gasteiger partial charge in [0.15, 0.2) is 0 Å². The number of hydrogen-bond donors (Lipinski definition) is 2. The Kier molecular flexibility index (Phi) is 6.86. The van der Waals surface area contributed by atoms with Gasteiger partial charge in [0, 0.05) is 27.2 Å². The molecule has 2 aromatic rings. The van der Waals surface area contributed by atoms with E-state index in [-0.39, 0.29) is 0 Å². The quantitative estimate of drug-likeness (QED) is 0.612. The Balaban J connectivity index is 1.91. The molecule has 5 nitrogen and oxygen atoms in total. The number of ether oxygens (including phenoxy) is 1. The molecule has 0 aliphatic rings. The normalized spacial score (nSPS) is 10.5. The number of nitrogens with one attached hydrogen (secondary N) is 2. The maximum Gasteiger partial charge on any atom is 0.269 e. The van der Waals surface area contributed by atoms with E-state index in [2.05, 4.69) is 10.9 Å². The number of hydrazine groups is 1. The summed E-state index contributed by atoms with van der Waals surface area (Å²) in [6, 6.07) is 11.6. The highest BCUT2D eigenvalue weighted by Crippen LogP contribution is 2.25. The summed E-state index contributed by atoms with van der Waals surface area (Å²) >= 11 is 12.0. The van der Waals surface area contributed by atoms with E-state index in [9.17, 15) is 9.59 Å². The van der Waals surface area contributed by atoms with Gasteiger partial charge in [0.1, 0.15) is 5.75 Å². The van der Waals surface area contributed by atoms with Crippen molar-refractivity contribution in [1.82, 2.24) is 10.9 Å². The Hall–Kier alpha value is -2.50. The van der Waals surface area contributed by atoms with Crippen molar-refractivity contribution in [3.63, 3.8) is 0 Å². The number of hydrogen-bond acceptors (Lipinski definition) is 3. The second kappa shape index (κ2) is 9.11. The Morgan fingerprint density at radius 2 is 1.68 bits per heavy atom. The molecule has 0 atom stereocenters. The predicted octanol–water partition coefficient (Wildman–Crippen LogP) is 3.87. The fourth-order valence-corrected chi connectivity index (χ4v) is 2.45. The summed E-state index contributed by atoms with van der Waals surface area (Å²) in [6.07, 6.45) is 2.70. The smallest absolute Gasteiger partial charge is 0.269 e. The molecule has 0 unspecified atom stereocenters. The lowest BCUT2D eigenvalue weighted by Gasteiger charge is -2.07. The summed E-state index contributed by atoms with van der Waals surface area (Å²) in [5.74, 6) is -0.293. The van der Waals surface area contributed by atoms with Gasteiger partial charge in [0.25, 0.3) is 11.8 Å². The molecule has 2 rings (SSSR count). The zero-order valence-corrected chi connectivity index (χ0v) is 14.9. The first kappa shape index (κ1) is 18.8. The van der Waals surface area contributed by atoms with Crippen LogP contribution in [0.2, 0.25) is 10.0 Å². The Morgan fingerprint density at radius 3 is 2.28 bits per heavy atom. The van der Waals surface area contributed by atoms with Gasteiger partial charge >= 0.3 is 0 Å². The molecule has 0 saturated heterocycles. The first-order chi connectivity index (χ1) is 12.0.